The molecule has 4 nitrogen and oxygen atoms in total. The van der Waals surface area contributed by atoms with Crippen molar-refractivity contribution < 1.29 is 4.42 Å². The fourth-order valence-electron chi connectivity index (χ4n) is 2.47. The molecule has 0 unspecified atom stereocenters. The van der Waals surface area contributed by atoms with Gasteiger partial charge in [-0.1, -0.05) is 30.3 Å². The van der Waals surface area contributed by atoms with E-state index in [-0.39, 0.29) is 0 Å². The van der Waals surface area contributed by atoms with Gasteiger partial charge in [-0.2, -0.15) is 0 Å². The maximum absolute atomic E-state index is 11.2. The Morgan fingerprint density at radius 2 is 1.95 bits per heavy atom. The molecule has 3 aromatic rings. The standard InChI is InChI=1S/C17H18N2O2/c1-19(11-5-8-13-6-3-2-4-7-13)14-9-10-15-16(12-14)21-17(20)18-15/h2-4,6-7,9-10,12H,5,8,11H2,1H3,(H,18,20). The molecule has 0 aliphatic heterocycles. The number of aromatic nitrogens is 1. The number of aromatic amines is 1. The van der Waals surface area contributed by atoms with Gasteiger partial charge in [-0.15, -0.1) is 0 Å². The van der Waals surface area contributed by atoms with Crippen molar-refractivity contribution in [2.75, 3.05) is 18.5 Å². The van der Waals surface area contributed by atoms with Crippen LogP contribution in [0.2, 0.25) is 0 Å². The maximum Gasteiger partial charge on any atom is 0.417 e. The first-order valence-corrected chi connectivity index (χ1v) is 7.10. The summed E-state index contributed by atoms with van der Waals surface area (Å²) in [5.41, 5.74) is 3.75. The average molecular weight is 282 g/mol. The van der Waals surface area contributed by atoms with Gasteiger partial charge in [0.1, 0.15) is 0 Å². The highest BCUT2D eigenvalue weighted by molar-refractivity contribution is 5.76. The van der Waals surface area contributed by atoms with E-state index in [0.29, 0.717) is 5.58 Å². The van der Waals surface area contributed by atoms with Gasteiger partial charge < -0.3 is 9.32 Å². The molecular weight excluding hydrogens is 264 g/mol. The Hall–Kier alpha value is -2.49. The van der Waals surface area contributed by atoms with E-state index in [2.05, 4.69) is 41.2 Å². The Morgan fingerprint density at radius 3 is 2.76 bits per heavy atom. The lowest BCUT2D eigenvalue weighted by Crippen LogP contribution is -2.18. The minimum Gasteiger partial charge on any atom is -0.408 e. The zero-order valence-corrected chi connectivity index (χ0v) is 12.0. The fraction of sp³-hybridized carbons (Fsp3) is 0.235. The number of oxazole rings is 1. The van der Waals surface area contributed by atoms with Gasteiger partial charge in [0, 0.05) is 25.3 Å². The second-order valence-electron chi connectivity index (χ2n) is 5.21. The van der Waals surface area contributed by atoms with Gasteiger partial charge in [-0.05, 0) is 30.5 Å². The van der Waals surface area contributed by atoms with Crippen molar-refractivity contribution in [1.82, 2.24) is 4.98 Å². The van der Waals surface area contributed by atoms with Crippen molar-refractivity contribution >= 4 is 16.8 Å². The van der Waals surface area contributed by atoms with Crippen molar-refractivity contribution in [3.8, 4) is 0 Å². The van der Waals surface area contributed by atoms with Crippen LogP contribution in [0.5, 0.6) is 0 Å². The summed E-state index contributed by atoms with van der Waals surface area (Å²) in [4.78, 5) is 16.0. The predicted octanol–water partition coefficient (Wildman–Crippen LogP) is 3.19. The van der Waals surface area contributed by atoms with Crippen LogP contribution in [0.25, 0.3) is 11.1 Å². The second-order valence-corrected chi connectivity index (χ2v) is 5.21. The molecule has 0 aliphatic rings. The van der Waals surface area contributed by atoms with Gasteiger partial charge in [0.25, 0.3) is 0 Å². The summed E-state index contributed by atoms with van der Waals surface area (Å²) in [5, 5.41) is 0. The van der Waals surface area contributed by atoms with E-state index in [1.807, 2.05) is 24.3 Å². The normalized spacial score (nSPS) is 10.9. The fourth-order valence-corrected chi connectivity index (χ4v) is 2.47. The molecule has 0 atom stereocenters. The number of aryl methyl sites for hydroxylation is 1. The molecule has 0 spiro atoms. The van der Waals surface area contributed by atoms with E-state index in [4.69, 9.17) is 4.42 Å². The molecule has 0 saturated heterocycles. The van der Waals surface area contributed by atoms with Crippen LogP contribution in [0.1, 0.15) is 12.0 Å². The van der Waals surface area contributed by atoms with Crippen LogP contribution in [-0.2, 0) is 6.42 Å². The van der Waals surface area contributed by atoms with E-state index in [1.165, 1.54) is 5.56 Å². The Kier molecular flexibility index (Phi) is 3.77. The van der Waals surface area contributed by atoms with Crippen LogP contribution < -0.4 is 10.7 Å². The first kappa shape index (κ1) is 13.5. The first-order valence-electron chi connectivity index (χ1n) is 7.10. The molecule has 108 valence electrons. The monoisotopic (exact) mass is 282 g/mol. The van der Waals surface area contributed by atoms with E-state index in [0.717, 1.165) is 30.6 Å². The number of hydrogen-bond donors (Lipinski definition) is 1. The Morgan fingerprint density at radius 1 is 1.14 bits per heavy atom. The summed E-state index contributed by atoms with van der Waals surface area (Å²) in [6.07, 6.45) is 2.14. The number of hydrogen-bond acceptors (Lipinski definition) is 3. The number of H-pyrrole nitrogens is 1. The largest absolute Gasteiger partial charge is 0.417 e. The van der Waals surface area contributed by atoms with Crippen LogP contribution in [0.3, 0.4) is 0 Å². The SMILES string of the molecule is CN(CCCc1ccccc1)c1ccc2[nH]c(=O)oc2c1. The molecule has 1 N–H and O–H groups in total. The third kappa shape index (κ3) is 3.16. The molecule has 0 fully saturated rings. The molecule has 0 saturated carbocycles. The number of nitrogens with one attached hydrogen (secondary N) is 1. The molecule has 1 heterocycles. The van der Waals surface area contributed by atoms with Gasteiger partial charge in [0.2, 0.25) is 0 Å². The van der Waals surface area contributed by atoms with E-state index in [1.54, 1.807) is 0 Å². The van der Waals surface area contributed by atoms with Crippen molar-refractivity contribution in [2.45, 2.75) is 12.8 Å². The smallest absolute Gasteiger partial charge is 0.408 e. The van der Waals surface area contributed by atoms with Gasteiger partial charge in [0.15, 0.2) is 5.58 Å². The molecule has 0 bridgehead atoms. The molecule has 21 heavy (non-hydrogen) atoms. The van der Waals surface area contributed by atoms with Crippen LogP contribution in [0.4, 0.5) is 5.69 Å². The van der Waals surface area contributed by atoms with Crippen molar-refractivity contribution in [3.05, 3.63) is 64.6 Å². The van der Waals surface area contributed by atoms with Crippen LogP contribution in [-0.4, -0.2) is 18.6 Å². The molecule has 0 aliphatic carbocycles. The highest BCUT2D eigenvalue weighted by Gasteiger charge is 2.05. The average Bonchev–Trinajstić information content (AvgIpc) is 2.87. The van der Waals surface area contributed by atoms with Crippen molar-refractivity contribution in [1.29, 1.82) is 0 Å². The quantitative estimate of drug-likeness (QED) is 0.782. The van der Waals surface area contributed by atoms with Crippen LogP contribution in [0, 0.1) is 0 Å². The third-order valence-electron chi connectivity index (χ3n) is 3.65. The molecule has 1 aromatic heterocycles. The highest BCUT2D eigenvalue weighted by Crippen LogP contribution is 2.19. The lowest BCUT2D eigenvalue weighted by Gasteiger charge is -2.19. The summed E-state index contributed by atoms with van der Waals surface area (Å²) >= 11 is 0. The lowest BCUT2D eigenvalue weighted by atomic mass is 10.1. The third-order valence-corrected chi connectivity index (χ3v) is 3.65. The topological polar surface area (TPSA) is 49.2 Å². The Labute approximate surface area is 123 Å². The van der Waals surface area contributed by atoms with Gasteiger partial charge >= 0.3 is 5.76 Å². The van der Waals surface area contributed by atoms with Crippen molar-refractivity contribution in [2.24, 2.45) is 0 Å². The molecule has 0 amide bonds. The van der Waals surface area contributed by atoms with Gasteiger partial charge in [-0.25, -0.2) is 4.79 Å². The van der Waals surface area contributed by atoms with Crippen LogP contribution >= 0.6 is 0 Å². The molecule has 3 rings (SSSR count). The van der Waals surface area contributed by atoms with Crippen LogP contribution in [0.15, 0.2) is 57.7 Å². The zero-order valence-electron chi connectivity index (χ0n) is 12.0. The first-order chi connectivity index (χ1) is 10.2. The van der Waals surface area contributed by atoms with Crippen molar-refractivity contribution in [3.63, 3.8) is 0 Å². The minimum atomic E-state index is -0.408. The molecular formula is C17H18N2O2. The predicted molar refractivity (Wildman–Crippen MR) is 84.9 cm³/mol. The number of rotatable bonds is 5. The summed E-state index contributed by atoms with van der Waals surface area (Å²) < 4.78 is 5.09. The zero-order chi connectivity index (χ0) is 14.7. The van der Waals surface area contributed by atoms with E-state index in [9.17, 15) is 4.79 Å². The number of nitrogens with zero attached hydrogens (tertiary/aromatic N) is 1. The maximum atomic E-state index is 11.2. The summed E-state index contributed by atoms with van der Waals surface area (Å²) in [7, 11) is 2.05. The Balaban J connectivity index is 1.63. The molecule has 4 heteroatoms. The summed E-state index contributed by atoms with van der Waals surface area (Å²) in [6, 6.07) is 16.3. The van der Waals surface area contributed by atoms with Gasteiger partial charge in [-0.3, -0.25) is 4.98 Å². The van der Waals surface area contributed by atoms with E-state index >= 15 is 0 Å². The number of fused-ring (bicyclic) bond motifs is 1. The highest BCUT2D eigenvalue weighted by atomic mass is 16.4. The van der Waals surface area contributed by atoms with Gasteiger partial charge in [0.05, 0.1) is 5.52 Å². The second kappa shape index (κ2) is 5.87. The lowest BCUT2D eigenvalue weighted by molar-refractivity contribution is 0.555. The molecule has 0 radical (unpaired) electrons. The summed E-state index contributed by atoms with van der Waals surface area (Å²) in [6.45, 7) is 0.953. The summed E-state index contributed by atoms with van der Waals surface area (Å²) in [5.74, 6) is -0.408. The minimum absolute atomic E-state index is 0.408. The molecule has 2 aromatic carbocycles. The number of anilines is 1. The Bertz CT molecular complexity index is 774. The van der Waals surface area contributed by atoms with E-state index < -0.39 is 5.76 Å². The number of benzene rings is 2.